The number of H-pyrrole nitrogens is 2. The summed E-state index contributed by atoms with van der Waals surface area (Å²) in [6.45, 7) is 11.4. The maximum atomic E-state index is 15.6. The number of fused-ring (bicyclic) bond motifs is 8. The predicted molar refractivity (Wildman–Crippen MR) is 193 cm³/mol. The normalized spacial score (nSPS) is 14.5. The average Bonchev–Trinajstić information content (AvgIpc) is 3.82. The van der Waals surface area contributed by atoms with E-state index < -0.39 is 91.8 Å². The minimum Gasteiger partial charge on any atom is -0.354 e. The number of aromatic amines is 2. The summed E-state index contributed by atoms with van der Waals surface area (Å²) in [5.74, 6) is 0. The molecule has 0 aliphatic carbocycles. The Morgan fingerprint density at radius 3 is 0.732 bits per heavy atom. The Morgan fingerprint density at radius 2 is 0.536 bits per heavy atom. The average molecular weight is 807 g/mol. The lowest BCUT2D eigenvalue weighted by Crippen LogP contribution is -2.13. The van der Waals surface area contributed by atoms with E-state index in [0.29, 0.717) is 0 Å². The van der Waals surface area contributed by atoms with E-state index in [0.717, 1.165) is 0 Å². The smallest absolute Gasteiger partial charge is 0.354 e. The molecule has 16 heteroatoms. The molecule has 0 aromatic carbocycles. The quantitative estimate of drug-likeness (QED) is 0.223. The fourth-order valence-electron chi connectivity index (χ4n) is 8.56. The fourth-order valence-corrected chi connectivity index (χ4v) is 8.56. The number of nitrogens with zero attached hydrogens (tertiary/aromatic N) is 2. The van der Waals surface area contributed by atoms with Gasteiger partial charge in [0.05, 0.1) is 44.8 Å². The van der Waals surface area contributed by atoms with Crippen molar-refractivity contribution in [3.05, 3.63) is 67.3 Å². The Balaban J connectivity index is 2.44. The van der Waals surface area contributed by atoms with Gasteiger partial charge >= 0.3 is 24.7 Å². The van der Waals surface area contributed by atoms with Crippen LogP contribution in [0.4, 0.5) is 52.7 Å². The molecule has 0 fully saturated rings. The van der Waals surface area contributed by atoms with Crippen LogP contribution in [-0.2, 0) is 50.4 Å². The monoisotopic (exact) mass is 806 g/mol. The molecular weight excluding hydrogens is 764 g/mol. The molecule has 0 saturated heterocycles. The molecule has 5 rings (SSSR count). The molecule has 4 nitrogen and oxygen atoms in total. The van der Waals surface area contributed by atoms with Crippen molar-refractivity contribution in [2.24, 2.45) is 0 Å². The van der Waals surface area contributed by atoms with Gasteiger partial charge in [0.25, 0.3) is 0 Å². The number of aromatic nitrogens is 4. The predicted octanol–water partition coefficient (Wildman–Crippen LogP) is 14.1. The molecular formula is C40H42F12N4. The summed E-state index contributed by atoms with van der Waals surface area (Å²) < 4.78 is 187. The topological polar surface area (TPSA) is 57.4 Å². The van der Waals surface area contributed by atoms with Gasteiger partial charge < -0.3 is 9.97 Å². The number of allylic oxidation sites excluding steroid dienone is 4. The van der Waals surface area contributed by atoms with Crippen LogP contribution in [-0.4, -0.2) is 19.9 Å². The van der Waals surface area contributed by atoms with E-state index in [2.05, 4.69) is 19.9 Å². The minimum atomic E-state index is -5.38. The molecule has 0 unspecified atom stereocenters. The standard InChI is InChI=1S/C40H42F12N4/c1-9-17-18(10-2)30-26(38(44,45)46)32-21(13-5)22(14-6)34(55-32)28(40(50,51)52)36-24(16-8)23(15-7)35(56-36)27(39(47,48)49)33-20(12-4)19(11-3)31(54-33)25(29(17)53-30)37(41,42)43/h53-54H,9-16H2,1-8H3. The van der Waals surface area contributed by atoms with Crippen LogP contribution >= 0.6 is 0 Å². The van der Waals surface area contributed by atoms with Crippen molar-refractivity contribution >= 4 is 44.4 Å². The molecule has 0 radical (unpaired) electrons. The molecule has 306 valence electrons. The van der Waals surface area contributed by atoms with E-state index in [1.54, 1.807) is 0 Å². The Morgan fingerprint density at radius 1 is 0.321 bits per heavy atom. The highest BCUT2D eigenvalue weighted by Gasteiger charge is 2.47. The van der Waals surface area contributed by atoms with Crippen LogP contribution < -0.4 is 0 Å². The van der Waals surface area contributed by atoms with Crippen LogP contribution in [0.15, 0.2) is 0 Å². The maximum Gasteiger partial charge on any atom is 0.420 e. The molecule has 3 aromatic heterocycles. The summed E-state index contributed by atoms with van der Waals surface area (Å²) in [6, 6.07) is 0. The van der Waals surface area contributed by atoms with Crippen LogP contribution in [0.3, 0.4) is 0 Å². The third kappa shape index (κ3) is 6.81. The molecule has 2 aliphatic heterocycles. The SMILES string of the molecule is CCC1=C(CC)c2nc1c(C(F)(F)F)c1nc(c(C(F)(F)F)c3[nH]c(c(CC)c3CC)c(C(F)(F)F)c3[nH]c(c(CC)c3CC)c2C(F)(F)F)C(CC)=C1CC. The Hall–Kier alpha value is -4.24. The first-order valence-corrected chi connectivity index (χ1v) is 18.6. The second-order valence-electron chi connectivity index (χ2n) is 13.5. The van der Waals surface area contributed by atoms with Crippen molar-refractivity contribution in [1.29, 1.82) is 0 Å². The van der Waals surface area contributed by atoms with E-state index in [4.69, 9.17) is 0 Å². The first-order valence-electron chi connectivity index (χ1n) is 18.6. The fraction of sp³-hybridized carbons (Fsp3) is 0.500. The third-order valence-corrected chi connectivity index (χ3v) is 10.7. The molecule has 0 saturated carbocycles. The number of hydrogen-bond donors (Lipinski definition) is 2. The summed E-state index contributed by atoms with van der Waals surface area (Å²) >= 11 is 0. The van der Waals surface area contributed by atoms with Gasteiger partial charge in [-0.25, -0.2) is 9.97 Å². The zero-order chi connectivity index (χ0) is 42.0. The highest BCUT2D eigenvalue weighted by molar-refractivity contribution is 6.00. The summed E-state index contributed by atoms with van der Waals surface area (Å²) in [5.41, 5.74) is -14.7. The van der Waals surface area contributed by atoms with Crippen LogP contribution in [0.1, 0.15) is 148 Å². The third-order valence-electron chi connectivity index (χ3n) is 10.7. The lowest BCUT2D eigenvalue weighted by atomic mass is 9.92. The Kier molecular flexibility index (Phi) is 11.4. The number of rotatable bonds is 8. The van der Waals surface area contributed by atoms with Gasteiger partial charge in [0.15, 0.2) is 0 Å². The van der Waals surface area contributed by atoms with Crippen molar-refractivity contribution in [3.8, 4) is 0 Å². The lowest BCUT2D eigenvalue weighted by Gasteiger charge is -2.14. The van der Waals surface area contributed by atoms with E-state index in [9.17, 15) is 0 Å². The minimum absolute atomic E-state index is 0.178. The van der Waals surface area contributed by atoms with Gasteiger partial charge in [-0.3, -0.25) is 0 Å². The molecule has 2 N–H and O–H groups in total. The maximum absolute atomic E-state index is 15.6. The van der Waals surface area contributed by atoms with E-state index in [1.165, 1.54) is 55.4 Å². The van der Waals surface area contributed by atoms with Crippen LogP contribution in [0.2, 0.25) is 0 Å². The zero-order valence-electron chi connectivity index (χ0n) is 32.1. The van der Waals surface area contributed by atoms with Crippen molar-refractivity contribution < 1.29 is 52.7 Å². The van der Waals surface area contributed by atoms with Gasteiger partial charge in [-0.15, -0.1) is 0 Å². The van der Waals surface area contributed by atoms with E-state index >= 15 is 52.7 Å². The number of aryl methyl sites for hydroxylation is 4. The van der Waals surface area contributed by atoms with Crippen molar-refractivity contribution in [2.45, 2.75) is 131 Å². The van der Waals surface area contributed by atoms with Gasteiger partial charge in [0.2, 0.25) is 0 Å². The van der Waals surface area contributed by atoms with Gasteiger partial charge in [0.1, 0.15) is 22.3 Å². The molecule has 56 heavy (non-hydrogen) atoms. The molecule has 0 spiro atoms. The van der Waals surface area contributed by atoms with Gasteiger partial charge in [0, 0.05) is 0 Å². The molecule has 0 amide bonds. The number of hydrogen-bond acceptors (Lipinski definition) is 2. The second-order valence-corrected chi connectivity index (χ2v) is 13.5. The molecule has 5 heterocycles. The summed E-state index contributed by atoms with van der Waals surface area (Å²) in [7, 11) is 0. The Labute approximate surface area is 315 Å². The van der Waals surface area contributed by atoms with E-state index in [1.807, 2.05) is 0 Å². The Bertz CT molecular complexity index is 2140. The number of halogens is 12. The highest BCUT2D eigenvalue weighted by Crippen LogP contribution is 2.52. The number of nitrogens with one attached hydrogen (secondary N) is 2. The highest BCUT2D eigenvalue weighted by atomic mass is 19.4. The number of alkyl halides is 12. The van der Waals surface area contributed by atoms with E-state index in [-0.39, 0.29) is 95.9 Å². The molecule has 2 aliphatic rings. The summed E-state index contributed by atoms with van der Waals surface area (Å²) in [5, 5.41) is 0. The largest absolute Gasteiger partial charge is 0.420 e. The van der Waals surface area contributed by atoms with Crippen LogP contribution in [0.5, 0.6) is 0 Å². The first-order chi connectivity index (χ1) is 26.0. The zero-order valence-corrected chi connectivity index (χ0v) is 32.1. The van der Waals surface area contributed by atoms with Gasteiger partial charge in [-0.1, -0.05) is 55.4 Å². The van der Waals surface area contributed by atoms with Crippen molar-refractivity contribution in [2.75, 3.05) is 0 Å². The molecule has 0 atom stereocenters. The van der Waals surface area contributed by atoms with Crippen molar-refractivity contribution in [3.63, 3.8) is 0 Å². The summed E-state index contributed by atoms with van der Waals surface area (Å²) in [4.78, 5) is 12.9. The van der Waals surface area contributed by atoms with Gasteiger partial charge in [-0.05, 0) is 95.9 Å². The first kappa shape index (κ1) is 42.9. The van der Waals surface area contributed by atoms with Crippen molar-refractivity contribution in [1.82, 2.24) is 19.9 Å². The van der Waals surface area contributed by atoms with Gasteiger partial charge in [-0.2, -0.15) is 52.7 Å². The summed E-state index contributed by atoms with van der Waals surface area (Å²) in [6.07, 6.45) is -23.4. The lowest BCUT2D eigenvalue weighted by molar-refractivity contribution is -0.138. The second kappa shape index (κ2) is 14.9. The molecule has 8 bridgehead atoms. The van der Waals surface area contributed by atoms with Crippen LogP contribution in [0, 0.1) is 0 Å². The molecule has 3 aromatic rings. The van der Waals surface area contributed by atoms with Crippen LogP contribution in [0.25, 0.3) is 44.4 Å².